The van der Waals surface area contributed by atoms with E-state index in [4.69, 9.17) is 10.5 Å². The molecule has 1 aromatic carbocycles. The molecule has 0 aliphatic carbocycles. The van der Waals surface area contributed by atoms with Crippen molar-refractivity contribution in [2.45, 2.75) is 6.92 Å². The van der Waals surface area contributed by atoms with Gasteiger partial charge in [-0.3, -0.25) is 9.59 Å². The topological polar surface area (TPSA) is 84.7 Å². The Morgan fingerprint density at radius 1 is 1.42 bits per heavy atom. The smallest absolute Gasteiger partial charge is 0.258 e. The Bertz CT molecular complexity index is 449. The molecule has 0 saturated heterocycles. The van der Waals surface area contributed by atoms with Gasteiger partial charge in [0, 0.05) is 25.3 Å². The summed E-state index contributed by atoms with van der Waals surface area (Å²) in [5, 5.41) is 2.50. The molecule has 0 saturated carbocycles. The minimum Gasteiger partial charge on any atom is -0.484 e. The fraction of sp³-hybridized carbons (Fsp3) is 0.385. The molecule has 0 bridgehead atoms. The largest absolute Gasteiger partial charge is 0.484 e. The van der Waals surface area contributed by atoms with E-state index in [1.165, 1.54) is 4.90 Å². The predicted molar refractivity (Wildman–Crippen MR) is 72.7 cm³/mol. The van der Waals surface area contributed by atoms with Crippen molar-refractivity contribution in [3.05, 3.63) is 24.3 Å². The van der Waals surface area contributed by atoms with Crippen molar-refractivity contribution in [1.82, 2.24) is 10.2 Å². The summed E-state index contributed by atoms with van der Waals surface area (Å²) in [6.07, 6.45) is 0. The molecule has 0 aliphatic rings. The van der Waals surface area contributed by atoms with Crippen LogP contribution in [0.25, 0.3) is 0 Å². The van der Waals surface area contributed by atoms with Gasteiger partial charge in [-0.15, -0.1) is 0 Å². The number of nitrogens with one attached hydrogen (secondary N) is 1. The number of likely N-dealkylation sites (N-methyl/N-ethyl adjacent to an activating group) is 1. The molecule has 0 spiro atoms. The van der Waals surface area contributed by atoms with Gasteiger partial charge in [0.25, 0.3) is 5.91 Å². The SMILES string of the molecule is CCN(C)C(=O)CNC(=O)COc1cccc(N)c1. The van der Waals surface area contributed by atoms with E-state index in [0.29, 0.717) is 18.0 Å². The number of hydrogen-bond acceptors (Lipinski definition) is 4. The highest BCUT2D eigenvalue weighted by Gasteiger charge is 2.09. The van der Waals surface area contributed by atoms with Crippen molar-refractivity contribution < 1.29 is 14.3 Å². The number of hydrogen-bond donors (Lipinski definition) is 2. The summed E-state index contributed by atoms with van der Waals surface area (Å²) in [6, 6.07) is 6.80. The van der Waals surface area contributed by atoms with Crippen molar-refractivity contribution in [3.63, 3.8) is 0 Å². The number of amides is 2. The number of benzene rings is 1. The molecule has 1 aromatic rings. The molecule has 0 heterocycles. The van der Waals surface area contributed by atoms with Crippen molar-refractivity contribution in [2.75, 3.05) is 32.5 Å². The molecular formula is C13H19N3O3. The minimum atomic E-state index is -0.347. The van der Waals surface area contributed by atoms with E-state index in [0.717, 1.165) is 0 Å². The van der Waals surface area contributed by atoms with Gasteiger partial charge in [0.05, 0.1) is 6.54 Å². The zero-order chi connectivity index (χ0) is 14.3. The summed E-state index contributed by atoms with van der Waals surface area (Å²) in [5.74, 6) is 0.0345. The highest BCUT2D eigenvalue weighted by molar-refractivity contribution is 5.85. The second kappa shape index (κ2) is 7.25. The zero-order valence-electron chi connectivity index (χ0n) is 11.2. The third-order valence-electron chi connectivity index (χ3n) is 2.56. The number of nitrogens with two attached hydrogens (primary N) is 1. The summed E-state index contributed by atoms with van der Waals surface area (Å²) in [5.41, 5.74) is 6.15. The van der Waals surface area contributed by atoms with E-state index in [2.05, 4.69) is 5.32 Å². The van der Waals surface area contributed by atoms with E-state index in [1.807, 2.05) is 6.92 Å². The number of carbonyl (C=O) groups excluding carboxylic acids is 2. The van der Waals surface area contributed by atoms with Crippen LogP contribution >= 0.6 is 0 Å². The number of nitrogens with zero attached hydrogens (tertiary/aromatic N) is 1. The second-order valence-corrected chi connectivity index (χ2v) is 4.05. The monoisotopic (exact) mass is 265 g/mol. The van der Waals surface area contributed by atoms with Crippen LogP contribution in [0.2, 0.25) is 0 Å². The Hall–Kier alpha value is -2.24. The van der Waals surface area contributed by atoms with Crippen LogP contribution in [-0.4, -0.2) is 43.5 Å². The van der Waals surface area contributed by atoms with Gasteiger partial charge in [0.2, 0.25) is 5.91 Å². The van der Waals surface area contributed by atoms with Crippen molar-refractivity contribution in [1.29, 1.82) is 0 Å². The van der Waals surface area contributed by atoms with Crippen molar-refractivity contribution >= 4 is 17.5 Å². The molecule has 6 heteroatoms. The summed E-state index contributed by atoms with van der Waals surface area (Å²) in [7, 11) is 1.68. The molecule has 104 valence electrons. The van der Waals surface area contributed by atoms with E-state index in [1.54, 1.807) is 31.3 Å². The molecule has 0 fully saturated rings. The first-order valence-electron chi connectivity index (χ1n) is 6.02. The number of rotatable bonds is 6. The summed E-state index contributed by atoms with van der Waals surface area (Å²) in [6.45, 7) is 2.30. The van der Waals surface area contributed by atoms with Gasteiger partial charge < -0.3 is 20.7 Å². The Morgan fingerprint density at radius 2 is 2.16 bits per heavy atom. The van der Waals surface area contributed by atoms with Crippen molar-refractivity contribution in [3.8, 4) is 5.75 Å². The first-order chi connectivity index (χ1) is 9.02. The Kier molecular flexibility index (Phi) is 5.66. The lowest BCUT2D eigenvalue weighted by Gasteiger charge is -2.14. The fourth-order valence-corrected chi connectivity index (χ4v) is 1.29. The Labute approximate surface area is 112 Å². The highest BCUT2D eigenvalue weighted by atomic mass is 16.5. The van der Waals surface area contributed by atoms with Crippen LogP contribution < -0.4 is 15.8 Å². The van der Waals surface area contributed by atoms with Crippen LogP contribution in [0.15, 0.2) is 24.3 Å². The van der Waals surface area contributed by atoms with Gasteiger partial charge >= 0.3 is 0 Å². The third kappa shape index (κ3) is 5.29. The zero-order valence-corrected chi connectivity index (χ0v) is 11.2. The third-order valence-corrected chi connectivity index (χ3v) is 2.56. The molecule has 0 aliphatic heterocycles. The van der Waals surface area contributed by atoms with Crippen LogP contribution in [0.4, 0.5) is 5.69 Å². The van der Waals surface area contributed by atoms with Gasteiger partial charge in [-0.05, 0) is 19.1 Å². The maximum Gasteiger partial charge on any atom is 0.258 e. The second-order valence-electron chi connectivity index (χ2n) is 4.05. The number of carbonyl (C=O) groups is 2. The predicted octanol–water partition coefficient (Wildman–Crippen LogP) is 0.242. The Morgan fingerprint density at radius 3 is 2.79 bits per heavy atom. The van der Waals surface area contributed by atoms with Gasteiger partial charge in [0.1, 0.15) is 5.75 Å². The highest BCUT2D eigenvalue weighted by Crippen LogP contribution is 2.13. The minimum absolute atomic E-state index is 0.0243. The van der Waals surface area contributed by atoms with E-state index in [9.17, 15) is 9.59 Å². The molecule has 1 rings (SSSR count). The van der Waals surface area contributed by atoms with Crippen molar-refractivity contribution in [2.24, 2.45) is 0 Å². The molecule has 6 nitrogen and oxygen atoms in total. The maximum absolute atomic E-state index is 11.5. The van der Waals surface area contributed by atoms with Crippen LogP contribution in [0.5, 0.6) is 5.75 Å². The van der Waals surface area contributed by atoms with Gasteiger partial charge in [0.15, 0.2) is 6.61 Å². The fourth-order valence-electron chi connectivity index (χ4n) is 1.29. The lowest BCUT2D eigenvalue weighted by molar-refractivity contribution is -0.132. The molecule has 3 N–H and O–H groups in total. The van der Waals surface area contributed by atoms with Crippen LogP contribution in [0, 0.1) is 0 Å². The summed E-state index contributed by atoms with van der Waals surface area (Å²) < 4.78 is 5.25. The lowest BCUT2D eigenvalue weighted by atomic mass is 10.3. The molecule has 19 heavy (non-hydrogen) atoms. The van der Waals surface area contributed by atoms with E-state index in [-0.39, 0.29) is 25.0 Å². The van der Waals surface area contributed by atoms with Gasteiger partial charge in [-0.1, -0.05) is 6.07 Å². The Balaban J connectivity index is 2.30. The number of nitrogen functional groups attached to an aromatic ring is 1. The molecule has 0 atom stereocenters. The van der Waals surface area contributed by atoms with E-state index >= 15 is 0 Å². The average molecular weight is 265 g/mol. The van der Waals surface area contributed by atoms with Gasteiger partial charge in [-0.2, -0.15) is 0 Å². The molecule has 2 amide bonds. The quantitative estimate of drug-likeness (QED) is 0.722. The molecule has 0 aromatic heterocycles. The molecule has 0 radical (unpaired) electrons. The normalized spacial score (nSPS) is 9.79. The van der Waals surface area contributed by atoms with Gasteiger partial charge in [-0.25, -0.2) is 0 Å². The summed E-state index contributed by atoms with van der Waals surface area (Å²) >= 11 is 0. The lowest BCUT2D eigenvalue weighted by Crippen LogP contribution is -2.39. The molecular weight excluding hydrogens is 246 g/mol. The molecule has 0 unspecified atom stereocenters. The maximum atomic E-state index is 11.5. The van der Waals surface area contributed by atoms with Crippen LogP contribution in [0.1, 0.15) is 6.92 Å². The first-order valence-corrected chi connectivity index (χ1v) is 6.02. The van der Waals surface area contributed by atoms with Crippen LogP contribution in [0.3, 0.4) is 0 Å². The standard InChI is InChI=1S/C13H19N3O3/c1-3-16(2)13(18)8-15-12(17)9-19-11-6-4-5-10(14)7-11/h4-7H,3,8-9,14H2,1-2H3,(H,15,17). The van der Waals surface area contributed by atoms with Crippen LogP contribution in [-0.2, 0) is 9.59 Å². The summed E-state index contributed by atoms with van der Waals surface area (Å²) in [4.78, 5) is 24.5. The first kappa shape index (κ1) is 14.8. The van der Waals surface area contributed by atoms with E-state index < -0.39 is 0 Å². The average Bonchev–Trinajstić information content (AvgIpc) is 2.41. The number of ether oxygens (including phenoxy) is 1. The number of anilines is 1.